The molecule has 21 heavy (non-hydrogen) atoms. The molecule has 2 rings (SSSR count). The molecule has 0 saturated carbocycles. The fraction of sp³-hybridized carbons (Fsp3) is 0.353. The van der Waals surface area contributed by atoms with Gasteiger partial charge in [-0.2, -0.15) is 0 Å². The molecule has 0 radical (unpaired) electrons. The van der Waals surface area contributed by atoms with Gasteiger partial charge < -0.3 is 15.4 Å². The van der Waals surface area contributed by atoms with Crippen LogP contribution >= 0.6 is 0 Å². The number of ether oxygens (including phenoxy) is 1. The molecule has 112 valence electrons. The Hall–Kier alpha value is -2.07. The van der Waals surface area contributed by atoms with Crippen molar-refractivity contribution in [3.05, 3.63) is 53.9 Å². The van der Waals surface area contributed by atoms with Crippen LogP contribution in [0.2, 0.25) is 0 Å². The first-order valence-electron chi connectivity index (χ1n) is 7.24. The summed E-state index contributed by atoms with van der Waals surface area (Å²) in [4.78, 5) is 6.88. The molecule has 4 nitrogen and oxygen atoms in total. The number of aromatic nitrogens is 1. The average Bonchev–Trinajstić information content (AvgIpc) is 2.51. The van der Waals surface area contributed by atoms with Crippen molar-refractivity contribution in [3.63, 3.8) is 0 Å². The number of hydrogen-bond donors (Lipinski definition) is 1. The van der Waals surface area contributed by atoms with Crippen molar-refractivity contribution in [3.8, 4) is 5.75 Å². The van der Waals surface area contributed by atoms with Gasteiger partial charge in [-0.25, -0.2) is 0 Å². The van der Waals surface area contributed by atoms with Crippen LogP contribution in [0, 0.1) is 6.92 Å². The van der Waals surface area contributed by atoms with Crippen LogP contribution < -0.4 is 15.4 Å². The Labute approximate surface area is 126 Å². The van der Waals surface area contributed by atoms with Gasteiger partial charge in [0.05, 0.1) is 19.3 Å². The molecule has 0 fully saturated rings. The maximum atomic E-state index is 5.66. The summed E-state index contributed by atoms with van der Waals surface area (Å²) in [5, 5.41) is 0. The van der Waals surface area contributed by atoms with Gasteiger partial charge in [-0.15, -0.1) is 0 Å². The summed E-state index contributed by atoms with van der Waals surface area (Å²) >= 11 is 0. The number of rotatable bonds is 7. The molecule has 0 aliphatic carbocycles. The van der Waals surface area contributed by atoms with Gasteiger partial charge in [0.15, 0.2) is 0 Å². The lowest BCUT2D eigenvalue weighted by molar-refractivity contribution is 0.415. The summed E-state index contributed by atoms with van der Waals surface area (Å²) in [6, 6.07) is 14.2. The predicted octanol–water partition coefficient (Wildman–Crippen LogP) is 2.75. The first-order chi connectivity index (χ1) is 10.2. The highest BCUT2D eigenvalue weighted by Crippen LogP contribution is 2.21. The highest BCUT2D eigenvalue weighted by molar-refractivity contribution is 5.49. The quantitative estimate of drug-likeness (QED) is 0.850. The molecule has 4 heteroatoms. The molecule has 0 atom stereocenters. The Morgan fingerprint density at radius 3 is 2.52 bits per heavy atom. The third-order valence-electron chi connectivity index (χ3n) is 3.37. The van der Waals surface area contributed by atoms with E-state index in [1.807, 2.05) is 31.2 Å². The Morgan fingerprint density at radius 2 is 1.90 bits per heavy atom. The lowest BCUT2D eigenvalue weighted by Crippen LogP contribution is -2.26. The van der Waals surface area contributed by atoms with Gasteiger partial charge in [-0.3, -0.25) is 4.98 Å². The molecule has 0 spiro atoms. The van der Waals surface area contributed by atoms with Crippen LogP contribution in [0.25, 0.3) is 0 Å². The van der Waals surface area contributed by atoms with Crippen molar-refractivity contribution in [2.24, 2.45) is 5.73 Å². The molecule has 1 aromatic heterocycles. The molecule has 2 aromatic rings. The van der Waals surface area contributed by atoms with Crippen molar-refractivity contribution in [2.75, 3.05) is 25.1 Å². The van der Waals surface area contributed by atoms with Crippen molar-refractivity contribution in [1.82, 2.24) is 4.98 Å². The number of methoxy groups -OCH3 is 1. The zero-order valence-electron chi connectivity index (χ0n) is 12.7. The minimum atomic E-state index is 0.688. The molecule has 1 heterocycles. The lowest BCUT2D eigenvalue weighted by atomic mass is 10.2. The van der Waals surface area contributed by atoms with Crippen molar-refractivity contribution >= 4 is 5.69 Å². The van der Waals surface area contributed by atoms with Gasteiger partial charge in [0.2, 0.25) is 0 Å². The first kappa shape index (κ1) is 15.3. The molecular formula is C17H23N3O. The Bertz CT molecular complexity index is 554. The molecule has 0 amide bonds. The minimum Gasteiger partial charge on any atom is -0.497 e. The van der Waals surface area contributed by atoms with Crippen molar-refractivity contribution in [1.29, 1.82) is 0 Å². The summed E-state index contributed by atoms with van der Waals surface area (Å²) in [5.74, 6) is 0.867. The van der Waals surface area contributed by atoms with E-state index in [1.165, 1.54) is 0 Å². The van der Waals surface area contributed by atoms with E-state index in [2.05, 4.69) is 28.1 Å². The monoisotopic (exact) mass is 285 g/mol. The van der Waals surface area contributed by atoms with Crippen LogP contribution in [0.15, 0.2) is 42.5 Å². The minimum absolute atomic E-state index is 0.688. The molecule has 2 N–H and O–H groups in total. The van der Waals surface area contributed by atoms with Gasteiger partial charge in [0.25, 0.3) is 0 Å². The lowest BCUT2D eigenvalue weighted by Gasteiger charge is -2.24. The Balaban J connectivity index is 2.16. The summed E-state index contributed by atoms with van der Waals surface area (Å²) < 4.78 is 5.21. The molecule has 0 aliphatic heterocycles. The Morgan fingerprint density at radius 1 is 1.14 bits per heavy atom. The smallest absolute Gasteiger partial charge is 0.119 e. The molecule has 0 bridgehead atoms. The van der Waals surface area contributed by atoms with Gasteiger partial charge in [-0.1, -0.05) is 6.07 Å². The van der Waals surface area contributed by atoms with Crippen molar-refractivity contribution in [2.45, 2.75) is 19.9 Å². The van der Waals surface area contributed by atoms with E-state index in [9.17, 15) is 0 Å². The number of benzene rings is 1. The standard InChI is InChI=1S/C17H23N3O/c1-14-5-3-6-15(19-14)13-20(12-4-11-18)16-7-9-17(21-2)10-8-16/h3,5-10H,4,11-13,18H2,1-2H3. The van der Waals surface area contributed by atoms with Crippen LogP contribution in [0.1, 0.15) is 17.8 Å². The summed E-state index contributed by atoms with van der Waals surface area (Å²) in [5.41, 5.74) is 8.93. The maximum Gasteiger partial charge on any atom is 0.119 e. The number of anilines is 1. The number of aryl methyl sites for hydroxylation is 1. The number of nitrogens with zero attached hydrogens (tertiary/aromatic N) is 2. The predicted molar refractivity (Wildman–Crippen MR) is 86.7 cm³/mol. The molecular weight excluding hydrogens is 262 g/mol. The summed E-state index contributed by atoms with van der Waals surface area (Å²) in [6.07, 6.45) is 0.956. The highest BCUT2D eigenvalue weighted by atomic mass is 16.5. The number of nitrogens with two attached hydrogens (primary N) is 1. The fourth-order valence-corrected chi connectivity index (χ4v) is 2.26. The van der Waals surface area contributed by atoms with E-state index in [1.54, 1.807) is 7.11 Å². The number of hydrogen-bond acceptors (Lipinski definition) is 4. The molecule has 0 aliphatic rings. The second-order valence-corrected chi connectivity index (χ2v) is 5.03. The SMILES string of the molecule is COc1ccc(N(CCCN)Cc2cccc(C)n2)cc1. The summed E-state index contributed by atoms with van der Waals surface area (Å²) in [6.45, 7) is 4.40. The van der Waals surface area contributed by atoms with Crippen LogP contribution in [0.4, 0.5) is 5.69 Å². The van der Waals surface area contributed by atoms with E-state index < -0.39 is 0 Å². The van der Waals surface area contributed by atoms with Gasteiger partial charge in [0, 0.05) is 17.9 Å². The maximum absolute atomic E-state index is 5.66. The van der Waals surface area contributed by atoms with Crippen LogP contribution in [0.3, 0.4) is 0 Å². The van der Waals surface area contributed by atoms with Crippen LogP contribution in [-0.2, 0) is 6.54 Å². The zero-order chi connectivity index (χ0) is 15.1. The first-order valence-corrected chi connectivity index (χ1v) is 7.24. The van der Waals surface area contributed by atoms with E-state index in [0.29, 0.717) is 6.54 Å². The molecule has 0 saturated heterocycles. The van der Waals surface area contributed by atoms with Gasteiger partial charge >= 0.3 is 0 Å². The van der Waals surface area contributed by atoms with Crippen LogP contribution in [0.5, 0.6) is 5.75 Å². The topological polar surface area (TPSA) is 51.4 Å². The number of pyridine rings is 1. The second-order valence-electron chi connectivity index (χ2n) is 5.03. The Kier molecular flexibility index (Phi) is 5.58. The van der Waals surface area contributed by atoms with Crippen LogP contribution in [-0.4, -0.2) is 25.2 Å². The highest BCUT2D eigenvalue weighted by Gasteiger charge is 2.08. The fourth-order valence-electron chi connectivity index (χ4n) is 2.26. The van der Waals surface area contributed by atoms with Gasteiger partial charge in [-0.05, 0) is 56.3 Å². The second kappa shape index (κ2) is 7.64. The third-order valence-corrected chi connectivity index (χ3v) is 3.37. The van der Waals surface area contributed by atoms with Crippen molar-refractivity contribution < 1.29 is 4.74 Å². The van der Waals surface area contributed by atoms with E-state index >= 15 is 0 Å². The van der Waals surface area contributed by atoms with Gasteiger partial charge in [0.1, 0.15) is 5.75 Å². The van der Waals surface area contributed by atoms with E-state index in [0.717, 1.165) is 42.3 Å². The van der Waals surface area contributed by atoms with E-state index in [4.69, 9.17) is 10.5 Å². The largest absolute Gasteiger partial charge is 0.497 e. The molecule has 0 unspecified atom stereocenters. The molecule has 1 aromatic carbocycles. The zero-order valence-corrected chi connectivity index (χ0v) is 12.7. The average molecular weight is 285 g/mol. The van der Waals surface area contributed by atoms with E-state index in [-0.39, 0.29) is 0 Å². The summed E-state index contributed by atoms with van der Waals surface area (Å²) in [7, 11) is 1.68. The normalized spacial score (nSPS) is 10.4. The third kappa shape index (κ3) is 4.46.